The first-order valence-electron chi connectivity index (χ1n) is 7.21. The highest BCUT2D eigenvalue weighted by molar-refractivity contribution is 6.05. The molecule has 1 saturated heterocycles. The molecule has 1 heterocycles. The third kappa shape index (κ3) is 2.58. The lowest BCUT2D eigenvalue weighted by atomic mass is 9.81. The number of imide groups is 1. The molecule has 4 heteroatoms. The predicted molar refractivity (Wildman–Crippen MR) is 70.0 cm³/mol. The number of likely N-dealkylation sites (tertiary alicyclic amines) is 1. The monoisotopic (exact) mass is 252 g/mol. The zero-order valence-electron chi connectivity index (χ0n) is 11.5. The van der Waals surface area contributed by atoms with E-state index in [0.717, 1.165) is 25.8 Å². The number of carbonyl (C=O) groups excluding carboxylic acids is 2. The zero-order valence-corrected chi connectivity index (χ0v) is 11.5. The van der Waals surface area contributed by atoms with Crippen molar-refractivity contribution in [1.82, 2.24) is 10.2 Å². The quantitative estimate of drug-likeness (QED) is 0.554. The van der Waals surface area contributed by atoms with Crippen LogP contribution in [-0.2, 0) is 9.59 Å². The number of hydrogen-bond acceptors (Lipinski definition) is 3. The van der Waals surface area contributed by atoms with Gasteiger partial charge in [-0.1, -0.05) is 13.8 Å². The minimum atomic E-state index is -0.402. The molecule has 2 fully saturated rings. The van der Waals surface area contributed by atoms with E-state index in [2.05, 4.69) is 5.32 Å². The standard InChI is InChI=1S/C14H24N2O2/c1-3-14(4-2)10-12(17)16(13(14)18)9-5-8-15-11-6-7-11/h11,15H,3-10H2,1-2H3. The van der Waals surface area contributed by atoms with Gasteiger partial charge in [-0.15, -0.1) is 0 Å². The van der Waals surface area contributed by atoms with Gasteiger partial charge >= 0.3 is 0 Å². The Bertz CT molecular complexity index is 333. The summed E-state index contributed by atoms with van der Waals surface area (Å²) in [5.74, 6) is 0.0824. The molecule has 0 aromatic heterocycles. The molecule has 4 nitrogen and oxygen atoms in total. The van der Waals surface area contributed by atoms with E-state index in [4.69, 9.17) is 0 Å². The smallest absolute Gasteiger partial charge is 0.235 e. The lowest BCUT2D eigenvalue weighted by molar-refractivity contribution is -0.141. The Balaban J connectivity index is 1.83. The maximum Gasteiger partial charge on any atom is 0.235 e. The lowest BCUT2D eigenvalue weighted by Crippen LogP contribution is -2.36. The molecule has 0 atom stereocenters. The minimum absolute atomic E-state index is 0.0233. The predicted octanol–water partition coefficient (Wildman–Crippen LogP) is 1.69. The van der Waals surface area contributed by atoms with Crippen LogP contribution in [0.1, 0.15) is 52.4 Å². The normalized spacial score (nSPS) is 22.9. The highest BCUT2D eigenvalue weighted by Crippen LogP contribution is 2.39. The Hall–Kier alpha value is -0.900. The average molecular weight is 252 g/mol. The molecular formula is C14H24N2O2. The topological polar surface area (TPSA) is 49.4 Å². The molecule has 2 rings (SSSR count). The first-order chi connectivity index (χ1) is 8.63. The third-order valence-electron chi connectivity index (χ3n) is 4.41. The minimum Gasteiger partial charge on any atom is -0.314 e. The van der Waals surface area contributed by atoms with Gasteiger partial charge in [-0.2, -0.15) is 0 Å². The SMILES string of the molecule is CCC1(CC)CC(=O)N(CCCNC2CC2)C1=O. The van der Waals surface area contributed by atoms with Gasteiger partial charge in [0.15, 0.2) is 0 Å². The van der Waals surface area contributed by atoms with E-state index in [0.29, 0.717) is 19.0 Å². The fourth-order valence-corrected chi connectivity index (χ4v) is 2.72. The summed E-state index contributed by atoms with van der Waals surface area (Å²) in [7, 11) is 0. The molecule has 0 spiro atoms. The molecule has 0 radical (unpaired) electrons. The first-order valence-corrected chi connectivity index (χ1v) is 7.21. The number of amides is 2. The van der Waals surface area contributed by atoms with E-state index < -0.39 is 5.41 Å². The molecular weight excluding hydrogens is 228 g/mol. The molecule has 1 aliphatic carbocycles. The lowest BCUT2D eigenvalue weighted by Gasteiger charge is -2.23. The number of hydrogen-bond donors (Lipinski definition) is 1. The summed E-state index contributed by atoms with van der Waals surface area (Å²) in [6.07, 6.45) is 5.37. The van der Waals surface area contributed by atoms with Crippen LogP contribution in [0.2, 0.25) is 0 Å². The van der Waals surface area contributed by atoms with Crippen LogP contribution in [0.4, 0.5) is 0 Å². The Kier molecular flexibility index (Phi) is 4.05. The van der Waals surface area contributed by atoms with E-state index in [-0.39, 0.29) is 11.8 Å². The van der Waals surface area contributed by atoms with Gasteiger partial charge in [0.2, 0.25) is 11.8 Å². The summed E-state index contributed by atoms with van der Waals surface area (Å²) in [6, 6.07) is 0.695. The molecule has 102 valence electrons. The number of nitrogens with one attached hydrogen (secondary N) is 1. The molecule has 0 aromatic carbocycles. The van der Waals surface area contributed by atoms with Crippen LogP contribution < -0.4 is 5.32 Å². The van der Waals surface area contributed by atoms with Crippen LogP contribution in [0.15, 0.2) is 0 Å². The van der Waals surface area contributed by atoms with Crippen molar-refractivity contribution in [2.24, 2.45) is 5.41 Å². The fraction of sp³-hybridized carbons (Fsp3) is 0.857. The van der Waals surface area contributed by atoms with E-state index >= 15 is 0 Å². The summed E-state index contributed by atoms with van der Waals surface area (Å²) in [6.45, 7) is 5.51. The van der Waals surface area contributed by atoms with Crippen molar-refractivity contribution >= 4 is 11.8 Å². The van der Waals surface area contributed by atoms with Crippen LogP contribution in [0, 0.1) is 5.41 Å². The van der Waals surface area contributed by atoms with Gasteiger partial charge in [0, 0.05) is 19.0 Å². The summed E-state index contributed by atoms with van der Waals surface area (Å²) in [5.41, 5.74) is -0.402. The van der Waals surface area contributed by atoms with E-state index in [9.17, 15) is 9.59 Å². The fourth-order valence-electron chi connectivity index (χ4n) is 2.72. The Morgan fingerprint density at radius 1 is 1.28 bits per heavy atom. The molecule has 0 bridgehead atoms. The molecule has 18 heavy (non-hydrogen) atoms. The summed E-state index contributed by atoms with van der Waals surface area (Å²) >= 11 is 0. The highest BCUT2D eigenvalue weighted by atomic mass is 16.2. The van der Waals surface area contributed by atoms with Crippen molar-refractivity contribution in [3.63, 3.8) is 0 Å². The van der Waals surface area contributed by atoms with Gasteiger partial charge in [0.05, 0.1) is 5.41 Å². The summed E-state index contributed by atoms with van der Waals surface area (Å²) in [5, 5.41) is 3.41. The van der Waals surface area contributed by atoms with Gasteiger partial charge in [-0.05, 0) is 38.6 Å². The van der Waals surface area contributed by atoms with Crippen LogP contribution >= 0.6 is 0 Å². The molecule has 2 amide bonds. The second kappa shape index (κ2) is 5.39. The maximum absolute atomic E-state index is 12.3. The van der Waals surface area contributed by atoms with Crippen molar-refractivity contribution < 1.29 is 9.59 Å². The van der Waals surface area contributed by atoms with Gasteiger partial charge in [-0.25, -0.2) is 0 Å². The third-order valence-corrected chi connectivity index (χ3v) is 4.41. The van der Waals surface area contributed by atoms with E-state index in [1.165, 1.54) is 17.7 Å². The van der Waals surface area contributed by atoms with Gasteiger partial charge in [0.1, 0.15) is 0 Å². The Morgan fingerprint density at radius 2 is 1.94 bits per heavy atom. The number of carbonyl (C=O) groups is 2. The van der Waals surface area contributed by atoms with E-state index in [1.54, 1.807) is 0 Å². The number of rotatable bonds is 7. The van der Waals surface area contributed by atoms with Crippen molar-refractivity contribution in [3.05, 3.63) is 0 Å². The average Bonchev–Trinajstić information content (AvgIpc) is 3.15. The molecule has 1 N–H and O–H groups in total. The van der Waals surface area contributed by atoms with Gasteiger partial charge in [-0.3, -0.25) is 14.5 Å². The largest absolute Gasteiger partial charge is 0.314 e. The Morgan fingerprint density at radius 3 is 2.44 bits per heavy atom. The van der Waals surface area contributed by atoms with Crippen LogP contribution in [0.3, 0.4) is 0 Å². The highest BCUT2D eigenvalue weighted by Gasteiger charge is 2.48. The molecule has 1 aliphatic heterocycles. The van der Waals surface area contributed by atoms with Crippen LogP contribution in [0.5, 0.6) is 0 Å². The zero-order chi connectivity index (χ0) is 13.2. The van der Waals surface area contributed by atoms with Gasteiger partial charge in [0.25, 0.3) is 0 Å². The van der Waals surface area contributed by atoms with Gasteiger partial charge < -0.3 is 5.32 Å². The summed E-state index contributed by atoms with van der Waals surface area (Å²) < 4.78 is 0. The molecule has 0 aromatic rings. The number of nitrogens with zero attached hydrogens (tertiary/aromatic N) is 1. The molecule has 1 saturated carbocycles. The van der Waals surface area contributed by atoms with Crippen molar-refractivity contribution in [3.8, 4) is 0 Å². The van der Waals surface area contributed by atoms with Crippen molar-refractivity contribution in [1.29, 1.82) is 0 Å². The summed E-state index contributed by atoms with van der Waals surface area (Å²) in [4.78, 5) is 25.8. The molecule has 2 aliphatic rings. The first kappa shape index (κ1) is 13.5. The van der Waals surface area contributed by atoms with E-state index in [1.807, 2.05) is 13.8 Å². The Labute approximate surface area is 109 Å². The van der Waals surface area contributed by atoms with Crippen LogP contribution in [-0.4, -0.2) is 35.8 Å². The van der Waals surface area contributed by atoms with Crippen molar-refractivity contribution in [2.75, 3.05) is 13.1 Å². The molecule has 0 unspecified atom stereocenters. The second-order valence-electron chi connectivity index (χ2n) is 5.60. The van der Waals surface area contributed by atoms with Crippen molar-refractivity contribution in [2.45, 2.75) is 58.4 Å². The second-order valence-corrected chi connectivity index (χ2v) is 5.60. The van der Waals surface area contributed by atoms with Crippen LogP contribution in [0.25, 0.3) is 0 Å². The maximum atomic E-state index is 12.3.